The smallest absolute Gasteiger partial charge is 0.126 e. The minimum absolute atomic E-state index is 0.105. The van der Waals surface area contributed by atoms with Gasteiger partial charge in [-0.2, -0.15) is 0 Å². The Morgan fingerprint density at radius 3 is 2.73 bits per heavy atom. The molecular weight excluding hydrogens is 191 g/mol. The molecule has 1 aliphatic rings. The van der Waals surface area contributed by atoms with Crippen LogP contribution >= 0.6 is 0 Å². The van der Waals surface area contributed by atoms with E-state index >= 15 is 0 Å². The molecule has 0 amide bonds. The lowest BCUT2D eigenvalue weighted by molar-refractivity contribution is 0.0154. The van der Waals surface area contributed by atoms with Gasteiger partial charge in [-0.15, -0.1) is 0 Å². The monoisotopic (exact) mass is 208 g/mol. The lowest BCUT2D eigenvalue weighted by Gasteiger charge is -2.27. The highest BCUT2D eigenvalue weighted by molar-refractivity contribution is 5.26. The zero-order valence-electron chi connectivity index (χ0n) is 9.29. The number of aryl methyl sites for hydroxylation is 1. The molecule has 2 heteroatoms. The van der Waals surface area contributed by atoms with Gasteiger partial charge in [-0.3, -0.25) is 0 Å². The molecule has 2 atom stereocenters. The zero-order valence-corrected chi connectivity index (χ0v) is 9.29. The van der Waals surface area contributed by atoms with Crippen LogP contribution in [-0.2, 0) is 4.74 Å². The summed E-state index contributed by atoms with van der Waals surface area (Å²) in [5, 5.41) is 0. The van der Waals surface area contributed by atoms with E-state index in [0.29, 0.717) is 17.6 Å². The van der Waals surface area contributed by atoms with Crippen LogP contribution in [0.3, 0.4) is 0 Å². The number of ether oxygens (including phenoxy) is 1. The Morgan fingerprint density at radius 1 is 1.33 bits per heavy atom. The van der Waals surface area contributed by atoms with Crippen molar-refractivity contribution in [3.05, 3.63) is 35.1 Å². The molecule has 1 saturated heterocycles. The van der Waals surface area contributed by atoms with Crippen LogP contribution in [-0.4, -0.2) is 12.7 Å². The van der Waals surface area contributed by atoms with E-state index in [1.807, 2.05) is 12.1 Å². The molecule has 82 valence electrons. The third-order valence-electron chi connectivity index (χ3n) is 3.17. The molecule has 1 aromatic carbocycles. The summed E-state index contributed by atoms with van der Waals surface area (Å²) in [5.74, 6) is 0.266. The molecular formula is C13H17FO. The van der Waals surface area contributed by atoms with E-state index in [4.69, 9.17) is 4.74 Å². The van der Waals surface area contributed by atoms with Gasteiger partial charge in [0.2, 0.25) is 0 Å². The normalized spacial score (nSPS) is 26.6. The van der Waals surface area contributed by atoms with Gasteiger partial charge in [0.1, 0.15) is 5.82 Å². The van der Waals surface area contributed by atoms with E-state index in [0.717, 1.165) is 25.0 Å². The lowest BCUT2D eigenvalue weighted by Crippen LogP contribution is -2.22. The predicted octanol–water partition coefficient (Wildman–Crippen LogP) is 3.42. The summed E-state index contributed by atoms with van der Waals surface area (Å²) < 4.78 is 19.0. The maximum absolute atomic E-state index is 13.4. The standard InChI is InChI=1S/C13H17FO/c1-9-3-5-11(7-13(9)14)12-6-4-10(2)15-8-12/h3,5,7,10,12H,4,6,8H2,1-2H3. The molecule has 1 fully saturated rings. The summed E-state index contributed by atoms with van der Waals surface area (Å²) in [6.45, 7) is 4.61. The zero-order chi connectivity index (χ0) is 10.8. The second-order valence-corrected chi connectivity index (χ2v) is 4.43. The Bertz CT molecular complexity index is 340. The van der Waals surface area contributed by atoms with Gasteiger partial charge in [-0.1, -0.05) is 12.1 Å². The van der Waals surface area contributed by atoms with Crippen molar-refractivity contribution >= 4 is 0 Å². The number of hydrogen-bond acceptors (Lipinski definition) is 1. The van der Waals surface area contributed by atoms with Crippen LogP contribution in [0.1, 0.15) is 36.8 Å². The second kappa shape index (κ2) is 4.31. The van der Waals surface area contributed by atoms with Gasteiger partial charge in [0.15, 0.2) is 0 Å². The van der Waals surface area contributed by atoms with E-state index in [-0.39, 0.29) is 5.82 Å². The van der Waals surface area contributed by atoms with E-state index < -0.39 is 0 Å². The summed E-state index contributed by atoms with van der Waals surface area (Å²) in [7, 11) is 0. The maximum Gasteiger partial charge on any atom is 0.126 e. The van der Waals surface area contributed by atoms with Gasteiger partial charge in [0, 0.05) is 5.92 Å². The van der Waals surface area contributed by atoms with Crippen molar-refractivity contribution < 1.29 is 9.13 Å². The molecule has 0 aromatic heterocycles. The summed E-state index contributed by atoms with van der Waals surface area (Å²) in [5.41, 5.74) is 1.79. The number of hydrogen-bond donors (Lipinski definition) is 0. The molecule has 15 heavy (non-hydrogen) atoms. The van der Waals surface area contributed by atoms with E-state index in [1.165, 1.54) is 0 Å². The largest absolute Gasteiger partial charge is 0.378 e. The van der Waals surface area contributed by atoms with Crippen molar-refractivity contribution in [2.75, 3.05) is 6.61 Å². The third kappa shape index (κ3) is 2.37. The molecule has 0 saturated carbocycles. The van der Waals surface area contributed by atoms with E-state index in [1.54, 1.807) is 13.0 Å². The van der Waals surface area contributed by atoms with Crippen molar-refractivity contribution in [2.24, 2.45) is 0 Å². The lowest BCUT2D eigenvalue weighted by atomic mass is 9.91. The van der Waals surface area contributed by atoms with Crippen molar-refractivity contribution in [3.8, 4) is 0 Å². The van der Waals surface area contributed by atoms with Crippen LogP contribution < -0.4 is 0 Å². The number of halogens is 1. The Labute approximate surface area is 90.3 Å². The maximum atomic E-state index is 13.4. The highest BCUT2D eigenvalue weighted by Crippen LogP contribution is 2.28. The minimum atomic E-state index is -0.105. The number of rotatable bonds is 1. The topological polar surface area (TPSA) is 9.23 Å². The molecule has 1 aromatic rings. The minimum Gasteiger partial charge on any atom is -0.378 e. The highest BCUT2D eigenvalue weighted by atomic mass is 19.1. The SMILES string of the molecule is Cc1ccc(C2CCC(C)OC2)cc1F. The van der Waals surface area contributed by atoms with E-state index in [9.17, 15) is 4.39 Å². The Hall–Kier alpha value is -0.890. The van der Waals surface area contributed by atoms with Crippen molar-refractivity contribution in [3.63, 3.8) is 0 Å². The summed E-state index contributed by atoms with van der Waals surface area (Å²) in [6.07, 6.45) is 2.53. The van der Waals surface area contributed by atoms with Gasteiger partial charge in [0.05, 0.1) is 12.7 Å². The molecule has 0 N–H and O–H groups in total. The molecule has 0 radical (unpaired) electrons. The van der Waals surface area contributed by atoms with Crippen LogP contribution in [0.5, 0.6) is 0 Å². The molecule has 1 aliphatic heterocycles. The van der Waals surface area contributed by atoms with Gasteiger partial charge >= 0.3 is 0 Å². The van der Waals surface area contributed by atoms with Crippen molar-refractivity contribution in [2.45, 2.75) is 38.7 Å². The Kier molecular flexibility index (Phi) is 3.06. The molecule has 0 spiro atoms. The average Bonchev–Trinajstić information content (AvgIpc) is 2.23. The quantitative estimate of drug-likeness (QED) is 0.687. The summed E-state index contributed by atoms with van der Waals surface area (Å²) >= 11 is 0. The first-order valence-corrected chi connectivity index (χ1v) is 5.54. The summed E-state index contributed by atoms with van der Waals surface area (Å²) in [4.78, 5) is 0. The van der Waals surface area contributed by atoms with E-state index in [2.05, 4.69) is 6.92 Å². The predicted molar refractivity (Wildman–Crippen MR) is 58.5 cm³/mol. The molecule has 2 unspecified atom stereocenters. The van der Waals surface area contributed by atoms with Gasteiger partial charge in [-0.05, 0) is 43.9 Å². The van der Waals surface area contributed by atoms with Crippen molar-refractivity contribution in [1.82, 2.24) is 0 Å². The Balaban J connectivity index is 2.12. The van der Waals surface area contributed by atoms with Crippen LogP contribution in [0, 0.1) is 12.7 Å². The first-order valence-electron chi connectivity index (χ1n) is 5.54. The van der Waals surface area contributed by atoms with Gasteiger partial charge < -0.3 is 4.74 Å². The van der Waals surface area contributed by atoms with Crippen molar-refractivity contribution in [1.29, 1.82) is 0 Å². The fourth-order valence-electron chi connectivity index (χ4n) is 2.01. The van der Waals surface area contributed by atoms with Crippen LogP contribution in [0.2, 0.25) is 0 Å². The molecule has 0 bridgehead atoms. The third-order valence-corrected chi connectivity index (χ3v) is 3.17. The van der Waals surface area contributed by atoms with Crippen LogP contribution in [0.25, 0.3) is 0 Å². The molecule has 1 nitrogen and oxygen atoms in total. The first-order chi connectivity index (χ1) is 7.16. The average molecular weight is 208 g/mol. The van der Waals surface area contributed by atoms with Gasteiger partial charge in [0.25, 0.3) is 0 Å². The fourth-order valence-corrected chi connectivity index (χ4v) is 2.01. The summed E-state index contributed by atoms with van der Waals surface area (Å²) in [6, 6.07) is 5.52. The number of benzene rings is 1. The van der Waals surface area contributed by atoms with Gasteiger partial charge in [-0.25, -0.2) is 4.39 Å². The molecule has 0 aliphatic carbocycles. The van der Waals surface area contributed by atoms with Crippen LogP contribution in [0.4, 0.5) is 4.39 Å². The Morgan fingerprint density at radius 2 is 2.13 bits per heavy atom. The molecule has 1 heterocycles. The molecule has 2 rings (SSSR count). The fraction of sp³-hybridized carbons (Fsp3) is 0.538. The van der Waals surface area contributed by atoms with Crippen LogP contribution in [0.15, 0.2) is 18.2 Å². The highest BCUT2D eigenvalue weighted by Gasteiger charge is 2.20. The first kappa shape index (κ1) is 10.6. The second-order valence-electron chi connectivity index (χ2n) is 4.43.